The Hall–Kier alpha value is -1.85. The third-order valence-corrected chi connectivity index (χ3v) is 6.31. The van der Waals surface area contributed by atoms with E-state index in [1.165, 1.54) is 12.8 Å². The fourth-order valence-electron chi connectivity index (χ4n) is 4.58. The van der Waals surface area contributed by atoms with E-state index < -0.39 is 0 Å². The van der Waals surface area contributed by atoms with Gasteiger partial charge in [0.1, 0.15) is 5.69 Å². The molecule has 2 amide bonds. The SMILES string of the molecule is CCCCN1C[C@]2(CCCN(C(=O)c3cc(C4CC4)[nH]n3)C2)CCC1=O. The van der Waals surface area contributed by atoms with E-state index in [1.54, 1.807) is 0 Å². The predicted octanol–water partition coefficient (Wildman–Crippen LogP) is 2.93. The minimum Gasteiger partial charge on any atom is -0.342 e. The molecule has 2 saturated heterocycles. The zero-order chi connectivity index (χ0) is 18.1. The number of amides is 2. The molecule has 26 heavy (non-hydrogen) atoms. The monoisotopic (exact) mass is 358 g/mol. The van der Waals surface area contributed by atoms with Crippen LogP contribution < -0.4 is 0 Å². The van der Waals surface area contributed by atoms with Crippen molar-refractivity contribution >= 4 is 11.8 Å². The van der Waals surface area contributed by atoms with Crippen LogP contribution in [0.2, 0.25) is 0 Å². The number of nitrogens with zero attached hydrogens (tertiary/aromatic N) is 3. The van der Waals surface area contributed by atoms with Gasteiger partial charge in [0.15, 0.2) is 0 Å². The van der Waals surface area contributed by atoms with Crippen LogP contribution in [0.5, 0.6) is 0 Å². The number of piperidine rings is 2. The summed E-state index contributed by atoms with van der Waals surface area (Å²) in [5.74, 6) is 0.909. The van der Waals surface area contributed by atoms with Crippen LogP contribution in [0.1, 0.15) is 80.4 Å². The van der Waals surface area contributed by atoms with Crippen molar-refractivity contribution in [1.82, 2.24) is 20.0 Å². The number of H-pyrrole nitrogens is 1. The summed E-state index contributed by atoms with van der Waals surface area (Å²) in [6.45, 7) is 5.38. The summed E-state index contributed by atoms with van der Waals surface area (Å²) in [5, 5.41) is 7.32. The average molecular weight is 358 g/mol. The molecule has 3 aliphatic rings. The molecule has 0 bridgehead atoms. The first-order valence-electron chi connectivity index (χ1n) is 10.2. The Morgan fingerprint density at radius 3 is 2.96 bits per heavy atom. The van der Waals surface area contributed by atoms with Crippen molar-refractivity contribution in [3.05, 3.63) is 17.5 Å². The van der Waals surface area contributed by atoms with Gasteiger partial charge in [0, 0.05) is 49.6 Å². The summed E-state index contributed by atoms with van der Waals surface area (Å²) < 4.78 is 0. The molecule has 1 N–H and O–H groups in total. The van der Waals surface area contributed by atoms with Gasteiger partial charge in [-0.05, 0) is 44.6 Å². The van der Waals surface area contributed by atoms with Gasteiger partial charge in [0.05, 0.1) is 0 Å². The number of carbonyl (C=O) groups excluding carboxylic acids is 2. The highest BCUT2D eigenvalue weighted by molar-refractivity contribution is 5.92. The quantitative estimate of drug-likeness (QED) is 0.880. The van der Waals surface area contributed by atoms with E-state index in [0.29, 0.717) is 18.0 Å². The van der Waals surface area contributed by atoms with E-state index in [0.717, 1.165) is 64.0 Å². The molecule has 0 unspecified atom stereocenters. The van der Waals surface area contributed by atoms with Crippen molar-refractivity contribution in [2.45, 2.75) is 64.2 Å². The summed E-state index contributed by atoms with van der Waals surface area (Å²) in [5.41, 5.74) is 1.73. The normalized spacial score (nSPS) is 26.6. The highest BCUT2D eigenvalue weighted by atomic mass is 16.2. The van der Waals surface area contributed by atoms with Gasteiger partial charge in [-0.25, -0.2) is 0 Å². The second kappa shape index (κ2) is 7.05. The summed E-state index contributed by atoms with van der Waals surface area (Å²) in [6.07, 6.45) is 8.22. The predicted molar refractivity (Wildman–Crippen MR) is 98.9 cm³/mol. The average Bonchev–Trinajstić information content (AvgIpc) is 3.39. The Morgan fingerprint density at radius 2 is 2.19 bits per heavy atom. The Balaban J connectivity index is 1.44. The van der Waals surface area contributed by atoms with Crippen molar-refractivity contribution < 1.29 is 9.59 Å². The Bertz CT molecular complexity index is 681. The van der Waals surface area contributed by atoms with Crippen LogP contribution in [0.15, 0.2) is 6.07 Å². The van der Waals surface area contributed by atoms with Crippen molar-refractivity contribution in [3.63, 3.8) is 0 Å². The van der Waals surface area contributed by atoms with Gasteiger partial charge in [-0.2, -0.15) is 5.10 Å². The zero-order valence-electron chi connectivity index (χ0n) is 15.8. The molecule has 6 nitrogen and oxygen atoms in total. The van der Waals surface area contributed by atoms with Gasteiger partial charge in [-0.15, -0.1) is 0 Å². The standard InChI is InChI=1S/C20H30N4O2/c1-2-3-10-23-13-20(9-7-18(23)25)8-4-11-24(14-20)19(26)17-12-16(21-22-17)15-5-6-15/h12,15H,2-11,13-14H2,1H3,(H,21,22)/t20-/m0/s1. The van der Waals surface area contributed by atoms with Gasteiger partial charge in [-0.3, -0.25) is 14.7 Å². The van der Waals surface area contributed by atoms with Crippen LogP contribution in [0, 0.1) is 5.41 Å². The smallest absolute Gasteiger partial charge is 0.274 e. The molecule has 1 aromatic rings. The number of likely N-dealkylation sites (tertiary alicyclic amines) is 2. The molecule has 4 rings (SSSR count). The maximum atomic E-state index is 13.0. The molecule has 1 atom stereocenters. The van der Waals surface area contributed by atoms with Crippen LogP contribution in [0.3, 0.4) is 0 Å². The largest absolute Gasteiger partial charge is 0.342 e. The molecule has 1 aromatic heterocycles. The van der Waals surface area contributed by atoms with Crippen LogP contribution in [-0.2, 0) is 4.79 Å². The maximum absolute atomic E-state index is 13.0. The molecule has 1 aliphatic carbocycles. The fourth-order valence-corrected chi connectivity index (χ4v) is 4.58. The second-order valence-corrected chi connectivity index (χ2v) is 8.48. The molecule has 2 aliphatic heterocycles. The van der Waals surface area contributed by atoms with E-state index in [9.17, 15) is 9.59 Å². The highest BCUT2D eigenvalue weighted by Gasteiger charge is 2.43. The highest BCUT2D eigenvalue weighted by Crippen LogP contribution is 2.40. The third kappa shape index (κ3) is 3.51. The lowest BCUT2D eigenvalue weighted by atomic mass is 9.73. The van der Waals surface area contributed by atoms with E-state index in [4.69, 9.17) is 0 Å². The lowest BCUT2D eigenvalue weighted by Gasteiger charge is -2.48. The maximum Gasteiger partial charge on any atom is 0.274 e. The lowest BCUT2D eigenvalue weighted by Crippen LogP contribution is -2.55. The Labute approximate surface area is 155 Å². The van der Waals surface area contributed by atoms with Gasteiger partial charge in [-0.1, -0.05) is 13.3 Å². The van der Waals surface area contributed by atoms with Crippen molar-refractivity contribution in [2.24, 2.45) is 5.41 Å². The number of hydrogen-bond acceptors (Lipinski definition) is 3. The Morgan fingerprint density at radius 1 is 1.35 bits per heavy atom. The van der Waals surface area contributed by atoms with Crippen molar-refractivity contribution in [1.29, 1.82) is 0 Å². The molecule has 1 saturated carbocycles. The number of nitrogens with one attached hydrogen (secondary N) is 1. The molecular weight excluding hydrogens is 328 g/mol. The molecule has 3 heterocycles. The third-order valence-electron chi connectivity index (χ3n) is 6.31. The summed E-state index contributed by atoms with van der Waals surface area (Å²) in [6, 6.07) is 1.94. The van der Waals surface area contributed by atoms with Crippen LogP contribution in [0.4, 0.5) is 0 Å². The number of hydrogen-bond donors (Lipinski definition) is 1. The number of unbranched alkanes of at least 4 members (excludes halogenated alkanes) is 1. The van der Waals surface area contributed by atoms with E-state index in [-0.39, 0.29) is 17.2 Å². The zero-order valence-corrected chi connectivity index (χ0v) is 15.8. The van der Waals surface area contributed by atoms with Crippen molar-refractivity contribution in [3.8, 4) is 0 Å². The molecule has 1 spiro atoms. The van der Waals surface area contributed by atoms with Crippen LogP contribution in [-0.4, -0.2) is 58.0 Å². The van der Waals surface area contributed by atoms with Crippen molar-refractivity contribution in [2.75, 3.05) is 26.2 Å². The summed E-state index contributed by atoms with van der Waals surface area (Å²) in [4.78, 5) is 29.2. The van der Waals surface area contributed by atoms with Crippen LogP contribution >= 0.6 is 0 Å². The molecule has 0 aromatic carbocycles. The first-order valence-corrected chi connectivity index (χ1v) is 10.2. The number of carbonyl (C=O) groups is 2. The number of rotatable bonds is 5. The van der Waals surface area contributed by atoms with E-state index >= 15 is 0 Å². The first kappa shape index (κ1) is 17.6. The number of aromatic nitrogens is 2. The number of aromatic amines is 1. The van der Waals surface area contributed by atoms with Gasteiger partial charge >= 0.3 is 0 Å². The first-order chi connectivity index (χ1) is 12.6. The molecular formula is C20H30N4O2. The second-order valence-electron chi connectivity index (χ2n) is 8.48. The molecule has 142 valence electrons. The summed E-state index contributed by atoms with van der Waals surface area (Å²) in [7, 11) is 0. The van der Waals surface area contributed by atoms with Gasteiger partial charge in [0.2, 0.25) is 5.91 Å². The van der Waals surface area contributed by atoms with E-state index in [1.807, 2.05) is 15.9 Å². The van der Waals surface area contributed by atoms with E-state index in [2.05, 4.69) is 17.1 Å². The van der Waals surface area contributed by atoms with Gasteiger partial charge in [0.25, 0.3) is 5.91 Å². The van der Waals surface area contributed by atoms with Crippen LogP contribution in [0.25, 0.3) is 0 Å². The minimum absolute atomic E-state index is 0.0456. The topological polar surface area (TPSA) is 69.3 Å². The Kier molecular flexibility index (Phi) is 4.76. The minimum atomic E-state index is 0.0456. The molecule has 3 fully saturated rings. The summed E-state index contributed by atoms with van der Waals surface area (Å²) >= 11 is 0. The fraction of sp³-hybridized carbons (Fsp3) is 0.750. The molecule has 6 heteroatoms. The molecule has 0 radical (unpaired) electrons. The lowest BCUT2D eigenvalue weighted by molar-refractivity contribution is -0.139. The van der Waals surface area contributed by atoms with Gasteiger partial charge < -0.3 is 9.80 Å².